The standard InChI is InChI=1S/C15H18ClNO2/c1-10-3-4-12(7-14(10)16)15-6-5-13(19-15)9-17-8-11(2)18/h3-7,11,17-18H,8-9H2,1-2H3/t11-/m1/s1. The maximum atomic E-state index is 9.16. The van der Waals surface area contributed by atoms with E-state index in [1.54, 1.807) is 6.92 Å². The van der Waals surface area contributed by atoms with Crippen molar-refractivity contribution < 1.29 is 9.52 Å². The number of aryl methyl sites for hydroxylation is 1. The van der Waals surface area contributed by atoms with Crippen LogP contribution >= 0.6 is 11.6 Å². The van der Waals surface area contributed by atoms with E-state index in [1.165, 1.54) is 0 Å². The molecule has 0 saturated carbocycles. The van der Waals surface area contributed by atoms with Gasteiger partial charge in [-0.2, -0.15) is 0 Å². The number of aliphatic hydroxyl groups is 1. The summed E-state index contributed by atoms with van der Waals surface area (Å²) in [7, 11) is 0. The molecular formula is C15H18ClNO2. The van der Waals surface area contributed by atoms with Crippen molar-refractivity contribution in [3.05, 3.63) is 46.7 Å². The fourth-order valence-corrected chi connectivity index (χ4v) is 1.96. The fraction of sp³-hybridized carbons (Fsp3) is 0.333. The van der Waals surface area contributed by atoms with E-state index >= 15 is 0 Å². The van der Waals surface area contributed by atoms with Crippen molar-refractivity contribution in [3.8, 4) is 11.3 Å². The lowest BCUT2D eigenvalue weighted by Crippen LogP contribution is -2.23. The maximum absolute atomic E-state index is 9.16. The zero-order chi connectivity index (χ0) is 13.8. The van der Waals surface area contributed by atoms with Crippen molar-refractivity contribution in [3.63, 3.8) is 0 Å². The molecule has 1 aromatic heterocycles. The summed E-state index contributed by atoms with van der Waals surface area (Å²) in [5.74, 6) is 1.64. The average Bonchev–Trinajstić information content (AvgIpc) is 2.81. The molecular weight excluding hydrogens is 262 g/mol. The zero-order valence-electron chi connectivity index (χ0n) is 11.1. The number of hydrogen-bond acceptors (Lipinski definition) is 3. The summed E-state index contributed by atoms with van der Waals surface area (Å²) < 4.78 is 5.74. The summed E-state index contributed by atoms with van der Waals surface area (Å²) in [5.41, 5.74) is 2.02. The number of nitrogens with one attached hydrogen (secondary N) is 1. The van der Waals surface area contributed by atoms with Crippen molar-refractivity contribution in [2.45, 2.75) is 26.5 Å². The van der Waals surface area contributed by atoms with Gasteiger partial charge >= 0.3 is 0 Å². The fourth-order valence-electron chi connectivity index (χ4n) is 1.78. The Hall–Kier alpha value is -1.29. The molecule has 0 unspecified atom stereocenters. The molecule has 0 spiro atoms. The first-order valence-electron chi connectivity index (χ1n) is 6.30. The van der Waals surface area contributed by atoms with Gasteiger partial charge in [0.1, 0.15) is 11.5 Å². The molecule has 1 aromatic carbocycles. The van der Waals surface area contributed by atoms with Gasteiger partial charge < -0.3 is 14.8 Å². The van der Waals surface area contributed by atoms with Crippen LogP contribution in [0, 0.1) is 6.92 Å². The predicted octanol–water partition coefficient (Wildman–Crippen LogP) is 3.38. The second-order valence-electron chi connectivity index (χ2n) is 4.71. The van der Waals surface area contributed by atoms with Crippen LogP contribution in [0.1, 0.15) is 18.2 Å². The lowest BCUT2D eigenvalue weighted by molar-refractivity contribution is 0.190. The van der Waals surface area contributed by atoms with E-state index in [9.17, 15) is 0 Å². The highest BCUT2D eigenvalue weighted by Crippen LogP contribution is 2.26. The third-order valence-corrected chi connectivity index (χ3v) is 3.26. The van der Waals surface area contributed by atoms with Crippen molar-refractivity contribution >= 4 is 11.6 Å². The summed E-state index contributed by atoms with van der Waals surface area (Å²) in [6, 6.07) is 9.74. The number of hydrogen-bond donors (Lipinski definition) is 2. The van der Waals surface area contributed by atoms with E-state index in [-0.39, 0.29) is 6.10 Å². The number of benzene rings is 1. The van der Waals surface area contributed by atoms with Gasteiger partial charge in [-0.3, -0.25) is 0 Å². The Kier molecular flexibility index (Phi) is 4.64. The van der Waals surface area contributed by atoms with Crippen LogP contribution < -0.4 is 5.32 Å². The van der Waals surface area contributed by atoms with Gasteiger partial charge in [-0.15, -0.1) is 0 Å². The second-order valence-corrected chi connectivity index (χ2v) is 5.12. The highest BCUT2D eigenvalue weighted by atomic mass is 35.5. The van der Waals surface area contributed by atoms with E-state index in [0.29, 0.717) is 13.1 Å². The molecule has 2 aromatic rings. The number of furan rings is 1. The van der Waals surface area contributed by atoms with Crippen LogP contribution in [0.15, 0.2) is 34.7 Å². The van der Waals surface area contributed by atoms with E-state index < -0.39 is 0 Å². The topological polar surface area (TPSA) is 45.4 Å². The monoisotopic (exact) mass is 279 g/mol. The van der Waals surface area contributed by atoms with Gasteiger partial charge in [0.05, 0.1) is 12.6 Å². The normalized spacial score (nSPS) is 12.6. The van der Waals surface area contributed by atoms with Gasteiger partial charge in [0.2, 0.25) is 0 Å². The molecule has 3 nitrogen and oxygen atoms in total. The minimum atomic E-state index is -0.356. The SMILES string of the molecule is Cc1ccc(-c2ccc(CNC[C@@H](C)O)o2)cc1Cl. The molecule has 102 valence electrons. The molecule has 4 heteroatoms. The minimum absolute atomic E-state index is 0.356. The maximum Gasteiger partial charge on any atom is 0.134 e. The second kappa shape index (κ2) is 6.24. The van der Waals surface area contributed by atoms with Crippen LogP contribution in [0.2, 0.25) is 5.02 Å². The Morgan fingerprint density at radius 1 is 1.32 bits per heavy atom. The lowest BCUT2D eigenvalue weighted by Gasteiger charge is -2.04. The third-order valence-electron chi connectivity index (χ3n) is 2.86. The Labute approximate surface area is 118 Å². The van der Waals surface area contributed by atoms with Gasteiger partial charge in [-0.1, -0.05) is 23.7 Å². The van der Waals surface area contributed by atoms with Gasteiger partial charge in [0.25, 0.3) is 0 Å². The molecule has 0 saturated heterocycles. The third kappa shape index (κ3) is 3.83. The number of aliphatic hydroxyl groups excluding tert-OH is 1. The first-order chi connectivity index (χ1) is 9.06. The van der Waals surface area contributed by atoms with E-state index in [1.807, 2.05) is 37.3 Å². The summed E-state index contributed by atoms with van der Waals surface area (Å²) in [6.07, 6.45) is -0.356. The molecule has 1 heterocycles. The largest absolute Gasteiger partial charge is 0.460 e. The van der Waals surface area contributed by atoms with Gasteiger partial charge in [0.15, 0.2) is 0 Å². The first-order valence-corrected chi connectivity index (χ1v) is 6.68. The van der Waals surface area contributed by atoms with Crippen LogP contribution in [-0.4, -0.2) is 17.8 Å². The van der Waals surface area contributed by atoms with E-state index in [4.69, 9.17) is 21.1 Å². The van der Waals surface area contributed by atoms with Crippen molar-refractivity contribution in [2.75, 3.05) is 6.54 Å². The van der Waals surface area contributed by atoms with Crippen LogP contribution in [0.4, 0.5) is 0 Å². The molecule has 2 rings (SSSR count). The molecule has 1 atom stereocenters. The predicted molar refractivity (Wildman–Crippen MR) is 77.3 cm³/mol. The van der Waals surface area contributed by atoms with E-state index in [2.05, 4.69) is 5.32 Å². The summed E-state index contributed by atoms with van der Waals surface area (Å²) in [4.78, 5) is 0. The molecule has 2 N–H and O–H groups in total. The highest BCUT2D eigenvalue weighted by molar-refractivity contribution is 6.31. The average molecular weight is 280 g/mol. The highest BCUT2D eigenvalue weighted by Gasteiger charge is 2.06. The van der Waals surface area contributed by atoms with Crippen LogP contribution in [0.5, 0.6) is 0 Å². The molecule has 0 aliphatic carbocycles. The smallest absolute Gasteiger partial charge is 0.134 e. The molecule has 0 radical (unpaired) electrons. The van der Waals surface area contributed by atoms with Gasteiger partial charge in [0, 0.05) is 17.1 Å². The molecule has 0 bridgehead atoms. The Morgan fingerprint density at radius 3 is 2.79 bits per heavy atom. The molecule has 0 aliphatic rings. The van der Waals surface area contributed by atoms with Crippen molar-refractivity contribution in [1.29, 1.82) is 0 Å². The molecule has 0 fully saturated rings. The zero-order valence-corrected chi connectivity index (χ0v) is 11.9. The van der Waals surface area contributed by atoms with Gasteiger partial charge in [-0.25, -0.2) is 0 Å². The Morgan fingerprint density at radius 2 is 2.11 bits per heavy atom. The molecule has 19 heavy (non-hydrogen) atoms. The van der Waals surface area contributed by atoms with Gasteiger partial charge in [-0.05, 0) is 37.6 Å². The van der Waals surface area contributed by atoms with Crippen LogP contribution in [-0.2, 0) is 6.54 Å². The Balaban J connectivity index is 2.05. The van der Waals surface area contributed by atoms with E-state index in [0.717, 1.165) is 27.7 Å². The minimum Gasteiger partial charge on any atom is -0.460 e. The summed E-state index contributed by atoms with van der Waals surface area (Å²) in [6.45, 7) is 4.87. The number of halogens is 1. The quantitative estimate of drug-likeness (QED) is 0.882. The van der Waals surface area contributed by atoms with Crippen molar-refractivity contribution in [2.24, 2.45) is 0 Å². The molecule has 0 amide bonds. The van der Waals surface area contributed by atoms with Crippen molar-refractivity contribution in [1.82, 2.24) is 5.32 Å². The lowest BCUT2D eigenvalue weighted by atomic mass is 10.1. The summed E-state index contributed by atoms with van der Waals surface area (Å²) in [5, 5.41) is 13.0. The van der Waals surface area contributed by atoms with Crippen LogP contribution in [0.25, 0.3) is 11.3 Å². The molecule has 0 aliphatic heterocycles. The summed E-state index contributed by atoms with van der Waals surface area (Å²) >= 11 is 6.11. The first kappa shape index (κ1) is 14.1. The van der Waals surface area contributed by atoms with Crippen LogP contribution in [0.3, 0.4) is 0 Å². The Bertz CT molecular complexity index is 549. The number of rotatable bonds is 5.